The highest BCUT2D eigenvalue weighted by atomic mass is 16.5. The molecule has 1 heterocycles. The number of ether oxygens (including phenoxy) is 1. The normalized spacial score (nSPS) is 21.5. The van der Waals surface area contributed by atoms with E-state index in [0.717, 1.165) is 10.6 Å². The van der Waals surface area contributed by atoms with Crippen LogP contribution in [0.4, 0.5) is 5.69 Å². The summed E-state index contributed by atoms with van der Waals surface area (Å²) in [5.41, 5.74) is 0.991. The summed E-state index contributed by atoms with van der Waals surface area (Å²) in [4.78, 5) is 0. The van der Waals surface area contributed by atoms with Crippen molar-refractivity contribution in [1.29, 1.82) is 0 Å². The van der Waals surface area contributed by atoms with Crippen LogP contribution in [0.25, 0.3) is 0 Å². The van der Waals surface area contributed by atoms with Crippen molar-refractivity contribution in [3.8, 4) is 5.75 Å². The largest absolute Gasteiger partial charge is 0.575 e. The lowest BCUT2D eigenvalue weighted by Gasteiger charge is -2.41. The van der Waals surface area contributed by atoms with Crippen LogP contribution in [-0.4, -0.2) is 5.60 Å². The molecule has 1 unspecified atom stereocenters. The molecule has 0 bridgehead atoms. The van der Waals surface area contributed by atoms with Crippen LogP contribution < -0.4 is 9.80 Å². The molecule has 0 fully saturated rings. The molecule has 1 radical (unpaired) electrons. The van der Waals surface area contributed by atoms with E-state index in [0.29, 0.717) is 11.4 Å². The molecule has 1 atom stereocenters. The summed E-state index contributed by atoms with van der Waals surface area (Å²) in [5, 5.41) is 13.7. The van der Waals surface area contributed by atoms with E-state index in [1.54, 1.807) is 6.07 Å². The van der Waals surface area contributed by atoms with Crippen LogP contribution in [0.3, 0.4) is 0 Å². The van der Waals surface area contributed by atoms with Gasteiger partial charge in [0, 0.05) is 11.6 Å². The van der Waals surface area contributed by atoms with E-state index in [2.05, 4.69) is 0 Å². The van der Waals surface area contributed by atoms with Crippen LogP contribution >= 0.6 is 0 Å². The molecule has 1 aliphatic rings. The molecule has 0 aliphatic carbocycles. The molecule has 0 spiro atoms. The molecule has 0 amide bonds. The average molecular weight is 254 g/mol. The number of benzene rings is 2. The van der Waals surface area contributed by atoms with Crippen molar-refractivity contribution < 1.29 is 4.74 Å². The van der Waals surface area contributed by atoms with Gasteiger partial charge in [0.15, 0.2) is 11.4 Å². The Balaban J connectivity index is 2.10. The fraction of sp³-hybridized carbons (Fsp3) is 0.250. The first-order valence-corrected chi connectivity index (χ1v) is 6.39. The van der Waals surface area contributed by atoms with Gasteiger partial charge < -0.3 is 9.94 Å². The Morgan fingerprint density at radius 2 is 1.63 bits per heavy atom. The first kappa shape index (κ1) is 12.2. The molecule has 19 heavy (non-hydrogen) atoms. The second-order valence-corrected chi connectivity index (χ2v) is 5.31. The van der Waals surface area contributed by atoms with Crippen LogP contribution in [0.5, 0.6) is 5.75 Å². The van der Waals surface area contributed by atoms with Gasteiger partial charge in [0.2, 0.25) is 11.7 Å². The summed E-state index contributed by atoms with van der Waals surface area (Å²) in [7, 11) is 0. The van der Waals surface area contributed by atoms with Crippen molar-refractivity contribution >= 4 is 5.69 Å². The highest BCUT2D eigenvalue weighted by Crippen LogP contribution is 2.45. The van der Waals surface area contributed by atoms with E-state index >= 15 is 0 Å². The number of rotatable bonds is 1. The van der Waals surface area contributed by atoms with Crippen molar-refractivity contribution in [3.63, 3.8) is 0 Å². The summed E-state index contributed by atoms with van der Waals surface area (Å²) in [6.45, 7) is 3.90. The summed E-state index contributed by atoms with van der Waals surface area (Å²) < 4.78 is 6.02. The number of hydrogen-bond donors (Lipinski definition) is 0. The van der Waals surface area contributed by atoms with Gasteiger partial charge in [-0.2, -0.15) is 0 Å². The van der Waals surface area contributed by atoms with Crippen LogP contribution in [0.1, 0.15) is 25.5 Å². The van der Waals surface area contributed by atoms with E-state index in [-0.39, 0.29) is 6.04 Å². The molecule has 0 aromatic heterocycles. The Morgan fingerprint density at radius 3 is 2.37 bits per heavy atom. The fourth-order valence-electron chi connectivity index (χ4n) is 2.66. The second kappa shape index (κ2) is 4.37. The van der Waals surface area contributed by atoms with Gasteiger partial charge in [0.25, 0.3) is 0 Å². The molecule has 0 saturated heterocycles. The van der Waals surface area contributed by atoms with Crippen molar-refractivity contribution in [1.82, 2.24) is 5.06 Å². The topological polar surface area (TPSA) is 38.2 Å². The number of para-hydroxylation sites is 2. The Hall–Kier alpha value is -1.84. The maximum Gasteiger partial charge on any atom is 0.224 e. The molecule has 2 aromatic carbocycles. The minimum atomic E-state index is -0.572. The van der Waals surface area contributed by atoms with E-state index in [1.165, 1.54) is 0 Å². The molecular formula is C16H16NO2. The van der Waals surface area contributed by atoms with Gasteiger partial charge in [-0.25, -0.2) is 0 Å². The van der Waals surface area contributed by atoms with Crippen LogP contribution in [-0.2, 0) is 0 Å². The van der Waals surface area contributed by atoms with E-state index in [9.17, 15) is 5.21 Å². The molecular weight excluding hydrogens is 238 g/mol. The lowest BCUT2D eigenvalue weighted by Crippen LogP contribution is -2.48. The molecule has 1 aliphatic heterocycles. The Kier molecular flexibility index (Phi) is 2.81. The molecule has 97 valence electrons. The van der Waals surface area contributed by atoms with E-state index in [1.807, 2.05) is 62.4 Å². The zero-order valence-electron chi connectivity index (χ0n) is 11.0. The summed E-state index contributed by atoms with van der Waals surface area (Å²) in [5.74, 6) is 0.648. The van der Waals surface area contributed by atoms with Crippen LogP contribution in [0, 0.1) is 5.21 Å². The maximum atomic E-state index is 12.7. The lowest BCUT2D eigenvalue weighted by molar-refractivity contribution is 0.0386. The highest BCUT2D eigenvalue weighted by molar-refractivity contribution is 5.56. The molecule has 2 aromatic rings. The van der Waals surface area contributed by atoms with Gasteiger partial charge >= 0.3 is 0 Å². The summed E-state index contributed by atoms with van der Waals surface area (Å²) in [6.07, 6.45) is 0. The first-order chi connectivity index (χ1) is 9.09. The third kappa shape index (κ3) is 2.01. The van der Waals surface area contributed by atoms with E-state index in [4.69, 9.17) is 4.74 Å². The zero-order chi connectivity index (χ0) is 13.5. The van der Waals surface area contributed by atoms with Crippen molar-refractivity contribution in [2.45, 2.75) is 25.5 Å². The predicted molar refractivity (Wildman–Crippen MR) is 75.5 cm³/mol. The smallest absolute Gasteiger partial charge is 0.224 e. The predicted octanol–water partition coefficient (Wildman–Crippen LogP) is 3.87. The highest BCUT2D eigenvalue weighted by Gasteiger charge is 2.47. The van der Waals surface area contributed by atoms with Crippen LogP contribution in [0.15, 0.2) is 54.6 Å². The molecule has 0 N–H and O–H groups in total. The second-order valence-electron chi connectivity index (χ2n) is 5.31. The van der Waals surface area contributed by atoms with Gasteiger partial charge in [-0.1, -0.05) is 42.5 Å². The molecule has 3 rings (SSSR count). The summed E-state index contributed by atoms with van der Waals surface area (Å²) in [6, 6.07) is 16.8. The van der Waals surface area contributed by atoms with Crippen LogP contribution in [0.2, 0.25) is 0 Å². The Labute approximate surface area is 113 Å². The SMILES string of the molecule is CC1(C)Oc2ccccc2[N+]([O-])C1c1ccccc1. The molecule has 3 heteroatoms. The first-order valence-electron chi connectivity index (χ1n) is 6.39. The van der Waals surface area contributed by atoms with Gasteiger partial charge in [0.1, 0.15) is 0 Å². The summed E-state index contributed by atoms with van der Waals surface area (Å²) >= 11 is 0. The third-order valence-electron chi connectivity index (χ3n) is 3.48. The van der Waals surface area contributed by atoms with Gasteiger partial charge in [0.05, 0.1) is 0 Å². The number of fused-ring (bicyclic) bond motifs is 1. The Morgan fingerprint density at radius 1 is 1.00 bits per heavy atom. The third-order valence-corrected chi connectivity index (χ3v) is 3.48. The van der Waals surface area contributed by atoms with Crippen molar-refractivity contribution in [3.05, 3.63) is 65.4 Å². The van der Waals surface area contributed by atoms with E-state index < -0.39 is 5.60 Å². The number of nitrogens with zero attached hydrogens (tertiary/aromatic N) is 1. The standard InChI is InChI=1S/C16H16NO2/c1-16(2)15(12-8-4-3-5-9-12)17(18)13-10-6-7-11-14(13)19-16/h3-11,15H,1-2H3. The lowest BCUT2D eigenvalue weighted by atomic mass is 9.89. The minimum absolute atomic E-state index is 0.344. The minimum Gasteiger partial charge on any atom is -0.575 e. The monoisotopic (exact) mass is 254 g/mol. The average Bonchev–Trinajstić information content (AvgIpc) is 2.39. The quantitative estimate of drug-likeness (QED) is 0.572. The number of anilines is 1. The molecule has 0 saturated carbocycles. The van der Waals surface area contributed by atoms with Gasteiger partial charge in [-0.15, -0.1) is 5.06 Å². The zero-order valence-corrected chi connectivity index (χ0v) is 11.0. The number of hydroxylamine groups is 1. The van der Waals surface area contributed by atoms with Crippen molar-refractivity contribution in [2.75, 3.05) is 0 Å². The maximum absolute atomic E-state index is 12.7. The fourth-order valence-corrected chi connectivity index (χ4v) is 2.66. The van der Waals surface area contributed by atoms with Gasteiger partial charge in [-0.3, -0.25) is 0 Å². The molecule has 3 nitrogen and oxygen atoms in total. The van der Waals surface area contributed by atoms with Crippen molar-refractivity contribution in [2.24, 2.45) is 0 Å². The Bertz CT molecular complexity index is 580. The number of hydrogen-bond acceptors (Lipinski definition) is 3. The van der Waals surface area contributed by atoms with Gasteiger partial charge in [-0.05, 0) is 19.9 Å².